The number of aryl methyl sites for hydroxylation is 3. The van der Waals surface area contributed by atoms with Crippen molar-refractivity contribution in [2.75, 3.05) is 17.3 Å². The lowest BCUT2D eigenvalue weighted by atomic mass is 9.95. The van der Waals surface area contributed by atoms with Crippen LogP contribution in [0.3, 0.4) is 0 Å². The molecule has 1 saturated heterocycles. The van der Waals surface area contributed by atoms with Crippen LogP contribution in [0, 0.1) is 20.8 Å². The van der Waals surface area contributed by atoms with Gasteiger partial charge in [-0.05, 0) is 118 Å². The Morgan fingerprint density at radius 3 is 2.43 bits per heavy atom. The van der Waals surface area contributed by atoms with Crippen LogP contribution in [-0.4, -0.2) is 34.5 Å². The van der Waals surface area contributed by atoms with Crippen LogP contribution in [0.15, 0.2) is 60.2 Å². The van der Waals surface area contributed by atoms with Gasteiger partial charge < -0.3 is 14.6 Å². The number of carbonyl (C=O) groups is 3. The summed E-state index contributed by atoms with van der Waals surface area (Å²) in [6, 6.07) is 16.6. The van der Waals surface area contributed by atoms with E-state index in [1.807, 2.05) is 51.1 Å². The summed E-state index contributed by atoms with van der Waals surface area (Å²) >= 11 is 7.01. The second kappa shape index (κ2) is 11.9. The van der Waals surface area contributed by atoms with Gasteiger partial charge in [0, 0.05) is 22.0 Å². The molecule has 6 rings (SSSR count). The molecule has 1 fully saturated rings. The molecule has 1 aliphatic heterocycles. The highest BCUT2D eigenvalue weighted by molar-refractivity contribution is 7.80. The third kappa shape index (κ3) is 5.35. The smallest absolute Gasteiger partial charge is 0.270 e. The first-order valence-electron chi connectivity index (χ1n) is 14.4. The first-order chi connectivity index (χ1) is 21.2. The molecule has 3 amide bonds. The number of ether oxygens (including phenoxy) is 1. The molecule has 2 aromatic carbocycles. The molecule has 0 spiro atoms. The number of benzene rings is 2. The number of carbonyl (C=O) groups excluding carboxylic acids is 3. The zero-order chi connectivity index (χ0) is 31.1. The van der Waals surface area contributed by atoms with Crippen molar-refractivity contribution < 1.29 is 19.1 Å². The number of rotatable bonds is 6. The van der Waals surface area contributed by atoms with Gasteiger partial charge >= 0.3 is 0 Å². The number of thiophene rings is 1. The van der Waals surface area contributed by atoms with Gasteiger partial charge in [0.15, 0.2) is 5.11 Å². The monoisotopic (exact) mass is 624 g/mol. The highest BCUT2D eigenvalue weighted by Crippen LogP contribution is 2.39. The number of methoxy groups -OCH3 is 1. The van der Waals surface area contributed by atoms with E-state index < -0.39 is 11.8 Å². The summed E-state index contributed by atoms with van der Waals surface area (Å²) in [6.45, 7) is 5.92. The Morgan fingerprint density at radius 1 is 1.02 bits per heavy atom. The Balaban J connectivity index is 1.39. The summed E-state index contributed by atoms with van der Waals surface area (Å²) in [5, 5.41) is 6.62. The maximum Gasteiger partial charge on any atom is 0.270 e. The number of anilines is 2. The van der Waals surface area contributed by atoms with Gasteiger partial charge in [0.25, 0.3) is 17.7 Å². The molecule has 10 heteroatoms. The predicted molar refractivity (Wildman–Crippen MR) is 178 cm³/mol. The molecule has 44 heavy (non-hydrogen) atoms. The fraction of sp³-hybridized carbons (Fsp3) is 0.235. The molecule has 0 atom stereocenters. The molecule has 2 N–H and O–H groups in total. The molecule has 2 aliphatic rings. The van der Waals surface area contributed by atoms with Gasteiger partial charge in [0.2, 0.25) is 0 Å². The van der Waals surface area contributed by atoms with E-state index >= 15 is 0 Å². The largest absolute Gasteiger partial charge is 0.497 e. The van der Waals surface area contributed by atoms with E-state index in [0.717, 1.165) is 58.9 Å². The lowest BCUT2D eigenvalue weighted by Crippen LogP contribution is -2.54. The first-order valence-corrected chi connectivity index (χ1v) is 15.7. The molecular weight excluding hydrogens is 593 g/mol. The van der Waals surface area contributed by atoms with Gasteiger partial charge in [-0.1, -0.05) is 17.7 Å². The van der Waals surface area contributed by atoms with E-state index in [2.05, 4.69) is 15.2 Å². The van der Waals surface area contributed by atoms with Crippen LogP contribution < -0.4 is 20.3 Å². The number of amides is 3. The second-order valence-corrected chi connectivity index (χ2v) is 12.5. The minimum absolute atomic E-state index is 0.0150. The standard InChI is InChI=1S/C34H32N4O4S2/c1-19-9-11-23(12-10-19)35-31(40)29-26-7-5-6-8-28(26)44-33(29)37-20(2)17-22(21(37)3)18-27-30(39)36-34(43)38(32(27)41)24-13-15-25(42-4)16-14-24/h9-18H,5-8H2,1-4H3,(H,35,40)(H,36,39,43). The topological polar surface area (TPSA) is 92.7 Å². The summed E-state index contributed by atoms with van der Waals surface area (Å²) in [7, 11) is 1.56. The zero-order valence-corrected chi connectivity index (χ0v) is 26.6. The summed E-state index contributed by atoms with van der Waals surface area (Å²) in [4.78, 5) is 43.1. The number of thiocarbonyl (C=S) groups is 1. The van der Waals surface area contributed by atoms with Gasteiger partial charge in [0.05, 0.1) is 18.4 Å². The Morgan fingerprint density at radius 2 is 1.73 bits per heavy atom. The SMILES string of the molecule is COc1ccc(N2C(=O)C(=Cc3cc(C)n(-c4sc5c(c4C(=O)Nc4ccc(C)cc4)CCCC5)c3C)C(=O)NC2=S)cc1. The van der Waals surface area contributed by atoms with E-state index in [4.69, 9.17) is 17.0 Å². The average Bonchev–Trinajstić information content (AvgIpc) is 3.52. The van der Waals surface area contributed by atoms with Crippen molar-refractivity contribution in [2.24, 2.45) is 0 Å². The summed E-state index contributed by atoms with van der Waals surface area (Å²) in [6.07, 6.45) is 5.54. The average molecular weight is 625 g/mol. The van der Waals surface area contributed by atoms with E-state index in [0.29, 0.717) is 22.6 Å². The van der Waals surface area contributed by atoms with Crippen molar-refractivity contribution in [3.05, 3.63) is 98.7 Å². The molecule has 0 unspecified atom stereocenters. The summed E-state index contributed by atoms with van der Waals surface area (Å²) in [5.41, 5.74) is 6.58. The number of nitrogens with one attached hydrogen (secondary N) is 2. The van der Waals surface area contributed by atoms with Crippen LogP contribution in [0.2, 0.25) is 0 Å². The maximum absolute atomic E-state index is 13.8. The quantitative estimate of drug-likeness (QED) is 0.146. The lowest BCUT2D eigenvalue weighted by Gasteiger charge is -2.29. The molecular formula is C34H32N4O4S2. The van der Waals surface area contributed by atoms with E-state index in [9.17, 15) is 14.4 Å². The van der Waals surface area contributed by atoms with Crippen LogP contribution >= 0.6 is 23.6 Å². The maximum atomic E-state index is 13.8. The zero-order valence-electron chi connectivity index (χ0n) is 24.9. The lowest BCUT2D eigenvalue weighted by molar-refractivity contribution is -0.122. The Labute approximate surface area is 265 Å². The molecule has 1 aliphatic carbocycles. The molecule has 3 heterocycles. The number of nitrogens with zero attached hydrogens (tertiary/aromatic N) is 2. The van der Waals surface area contributed by atoms with Crippen LogP contribution in [0.25, 0.3) is 11.1 Å². The van der Waals surface area contributed by atoms with Crippen molar-refractivity contribution in [3.8, 4) is 10.8 Å². The molecule has 8 nitrogen and oxygen atoms in total. The number of aromatic nitrogens is 1. The highest BCUT2D eigenvalue weighted by atomic mass is 32.1. The van der Waals surface area contributed by atoms with Crippen LogP contribution in [0.4, 0.5) is 11.4 Å². The second-order valence-electron chi connectivity index (χ2n) is 11.0. The van der Waals surface area contributed by atoms with Crippen molar-refractivity contribution >= 4 is 63.8 Å². The Bertz CT molecular complexity index is 1850. The van der Waals surface area contributed by atoms with E-state index in [-0.39, 0.29) is 16.6 Å². The molecule has 224 valence electrons. The fourth-order valence-electron chi connectivity index (χ4n) is 5.80. The van der Waals surface area contributed by atoms with Crippen molar-refractivity contribution in [1.82, 2.24) is 9.88 Å². The summed E-state index contributed by atoms with van der Waals surface area (Å²) in [5.74, 6) is -0.572. The molecule has 0 bridgehead atoms. The molecule has 0 saturated carbocycles. The number of fused-ring (bicyclic) bond motifs is 1. The number of hydrogen-bond donors (Lipinski definition) is 2. The molecule has 0 radical (unpaired) electrons. The van der Waals surface area contributed by atoms with Gasteiger partial charge in [-0.25, -0.2) is 0 Å². The summed E-state index contributed by atoms with van der Waals surface area (Å²) < 4.78 is 7.30. The number of hydrogen-bond acceptors (Lipinski definition) is 6. The van der Waals surface area contributed by atoms with Gasteiger partial charge in [-0.2, -0.15) is 0 Å². The third-order valence-corrected chi connectivity index (χ3v) is 9.66. The Kier molecular flexibility index (Phi) is 7.96. The highest BCUT2D eigenvalue weighted by Gasteiger charge is 2.35. The van der Waals surface area contributed by atoms with E-state index in [1.165, 1.54) is 9.78 Å². The van der Waals surface area contributed by atoms with Gasteiger partial charge in [-0.3, -0.25) is 24.6 Å². The minimum atomic E-state index is -0.556. The minimum Gasteiger partial charge on any atom is -0.497 e. The normalized spacial score (nSPS) is 15.8. The molecule has 2 aromatic heterocycles. The molecule has 4 aromatic rings. The fourth-order valence-corrected chi connectivity index (χ4v) is 7.58. The van der Waals surface area contributed by atoms with Crippen LogP contribution in [-0.2, 0) is 22.4 Å². The Hall–Kier alpha value is -4.54. The third-order valence-electron chi connectivity index (χ3n) is 8.09. The predicted octanol–water partition coefficient (Wildman–Crippen LogP) is 6.44. The van der Waals surface area contributed by atoms with E-state index in [1.54, 1.807) is 48.8 Å². The van der Waals surface area contributed by atoms with Gasteiger partial charge in [0.1, 0.15) is 16.3 Å². The van der Waals surface area contributed by atoms with Crippen molar-refractivity contribution in [1.29, 1.82) is 0 Å². The van der Waals surface area contributed by atoms with Crippen molar-refractivity contribution in [2.45, 2.75) is 46.5 Å². The van der Waals surface area contributed by atoms with Crippen LogP contribution in [0.5, 0.6) is 5.75 Å². The van der Waals surface area contributed by atoms with Crippen LogP contribution in [0.1, 0.15) is 56.2 Å². The van der Waals surface area contributed by atoms with Gasteiger partial charge in [-0.15, -0.1) is 11.3 Å². The van der Waals surface area contributed by atoms with Crippen molar-refractivity contribution in [3.63, 3.8) is 0 Å². The first kappa shape index (κ1) is 29.5.